The Morgan fingerprint density at radius 3 is 2.64 bits per heavy atom. The molecule has 190 valence electrons. The smallest absolute Gasteiger partial charge is 0.325 e. The van der Waals surface area contributed by atoms with E-state index in [9.17, 15) is 23.9 Å². The minimum Gasteiger partial charge on any atom is -0.480 e. The number of nitrogens with zero attached hydrogens (tertiary/aromatic N) is 2. The molecule has 0 bridgehead atoms. The van der Waals surface area contributed by atoms with Crippen molar-refractivity contribution in [3.05, 3.63) is 58.5 Å². The van der Waals surface area contributed by atoms with E-state index in [1.165, 1.54) is 16.8 Å². The number of carbonyl (C=O) groups is 3. The van der Waals surface area contributed by atoms with Crippen molar-refractivity contribution >= 4 is 46.0 Å². The molecule has 11 nitrogen and oxygen atoms in total. The zero-order chi connectivity index (χ0) is 25.9. The fourth-order valence-electron chi connectivity index (χ4n) is 3.71. The second kappa shape index (κ2) is 10.6. The maximum Gasteiger partial charge on any atom is 0.325 e. The van der Waals surface area contributed by atoms with E-state index in [1.807, 2.05) is 0 Å². The first-order valence-electron chi connectivity index (χ1n) is 10.9. The summed E-state index contributed by atoms with van der Waals surface area (Å²) < 4.78 is 21.0. The van der Waals surface area contributed by atoms with Gasteiger partial charge >= 0.3 is 5.97 Å². The van der Waals surface area contributed by atoms with Gasteiger partial charge in [-0.05, 0) is 18.2 Å². The van der Waals surface area contributed by atoms with Gasteiger partial charge in [0.15, 0.2) is 5.69 Å². The number of aliphatic hydroxyl groups is 1. The average Bonchev–Trinajstić information content (AvgIpc) is 3.18. The fourth-order valence-corrected chi connectivity index (χ4v) is 3.88. The molecule has 2 aromatic carbocycles. The molecule has 1 aromatic heterocycles. The molecular formula is C23H23ClFN5O6. The van der Waals surface area contributed by atoms with Gasteiger partial charge in [0.05, 0.1) is 30.3 Å². The highest BCUT2D eigenvalue weighted by molar-refractivity contribution is 6.31. The molecule has 0 radical (unpaired) electrons. The topological polar surface area (TPSA) is 155 Å². The third-order valence-corrected chi connectivity index (χ3v) is 5.84. The van der Waals surface area contributed by atoms with Crippen LogP contribution in [-0.2, 0) is 27.4 Å². The zero-order valence-electron chi connectivity index (χ0n) is 18.9. The van der Waals surface area contributed by atoms with E-state index >= 15 is 0 Å². The van der Waals surface area contributed by atoms with E-state index in [2.05, 4.69) is 21.0 Å². The minimum atomic E-state index is -1.13. The van der Waals surface area contributed by atoms with Crippen molar-refractivity contribution in [3.63, 3.8) is 0 Å². The Morgan fingerprint density at radius 2 is 1.94 bits per heavy atom. The number of aromatic nitrogens is 2. The van der Waals surface area contributed by atoms with E-state index in [1.54, 1.807) is 24.3 Å². The number of carbonyl (C=O) groups excluding carboxylic acids is 2. The highest BCUT2D eigenvalue weighted by Crippen LogP contribution is 2.27. The highest BCUT2D eigenvalue weighted by Gasteiger charge is 2.35. The van der Waals surface area contributed by atoms with Crippen LogP contribution < -0.4 is 16.0 Å². The maximum absolute atomic E-state index is 14.8. The summed E-state index contributed by atoms with van der Waals surface area (Å²) in [5.74, 6) is -3.10. The molecule has 0 atom stereocenters. The van der Waals surface area contributed by atoms with Crippen LogP contribution in [0.2, 0.25) is 5.02 Å². The number of hydrogen-bond donors (Lipinski definition) is 5. The number of ether oxygens (including phenoxy) is 1. The number of halogens is 2. The summed E-state index contributed by atoms with van der Waals surface area (Å²) >= 11 is 5.92. The number of rotatable bonds is 10. The third-order valence-electron chi connectivity index (χ3n) is 5.55. The SMILES string of the molecule is O=C(O)Cn1nc(C(=O)Nc2ccc(Cl)c(F)c2CNC(=O)CNCC2(O)COC2)c2ccccc21. The van der Waals surface area contributed by atoms with E-state index in [0.29, 0.717) is 10.9 Å². The molecule has 3 aromatic rings. The summed E-state index contributed by atoms with van der Waals surface area (Å²) in [7, 11) is 0. The van der Waals surface area contributed by atoms with Crippen LogP contribution in [-0.4, -0.2) is 69.7 Å². The van der Waals surface area contributed by atoms with Crippen LogP contribution in [0, 0.1) is 5.82 Å². The quantitative estimate of drug-likeness (QED) is 0.267. The van der Waals surface area contributed by atoms with E-state index < -0.39 is 35.7 Å². The standard InChI is InChI=1S/C23H23ClFN5O6/c24-15-5-6-16(14(20(15)25)7-27-18(31)8-26-10-23(35)11-36-12-23)28-22(34)21-13-3-1-2-4-17(13)30(29-21)9-19(32)33/h1-6,26,35H,7-12H2,(H,27,31)(H,28,34)(H,32,33). The maximum atomic E-state index is 14.8. The monoisotopic (exact) mass is 519 g/mol. The van der Waals surface area contributed by atoms with Gasteiger partial charge in [-0.25, -0.2) is 4.39 Å². The predicted molar refractivity (Wildman–Crippen MR) is 127 cm³/mol. The molecular weight excluding hydrogens is 497 g/mol. The lowest BCUT2D eigenvalue weighted by atomic mass is 10.0. The molecule has 1 aliphatic heterocycles. The Kier molecular flexibility index (Phi) is 7.50. The summed E-state index contributed by atoms with van der Waals surface area (Å²) in [6.07, 6.45) is 0. The molecule has 4 rings (SSSR count). The van der Waals surface area contributed by atoms with E-state index in [-0.39, 0.29) is 54.8 Å². The number of hydrogen-bond acceptors (Lipinski definition) is 7. The molecule has 36 heavy (non-hydrogen) atoms. The Hall–Kier alpha value is -3.58. The van der Waals surface area contributed by atoms with Gasteiger partial charge in [0.1, 0.15) is 18.0 Å². The molecule has 0 spiro atoms. The molecule has 0 aliphatic carbocycles. The summed E-state index contributed by atoms with van der Waals surface area (Å²) in [6.45, 7) is -0.317. The molecule has 1 fully saturated rings. The lowest BCUT2D eigenvalue weighted by molar-refractivity contribution is -0.174. The molecule has 13 heteroatoms. The second-order valence-corrected chi connectivity index (χ2v) is 8.76. The van der Waals surface area contributed by atoms with Crippen molar-refractivity contribution in [2.24, 2.45) is 0 Å². The summed E-state index contributed by atoms with van der Waals surface area (Å²) in [4.78, 5) is 36.5. The Bertz CT molecular complexity index is 1330. The van der Waals surface area contributed by atoms with Crippen LogP contribution in [0.4, 0.5) is 10.1 Å². The van der Waals surface area contributed by atoms with Gasteiger partial charge in [0.25, 0.3) is 5.91 Å². The first kappa shape index (κ1) is 25.5. The molecule has 0 unspecified atom stereocenters. The Labute approximate surface area is 209 Å². The van der Waals surface area contributed by atoms with Crippen molar-refractivity contribution in [1.82, 2.24) is 20.4 Å². The Balaban J connectivity index is 1.48. The van der Waals surface area contributed by atoms with Gasteiger partial charge in [-0.2, -0.15) is 5.10 Å². The van der Waals surface area contributed by atoms with Crippen LogP contribution in [0.25, 0.3) is 10.9 Å². The summed E-state index contributed by atoms with van der Waals surface area (Å²) in [5.41, 5.74) is -0.583. The van der Waals surface area contributed by atoms with Crippen LogP contribution in [0.1, 0.15) is 16.1 Å². The van der Waals surface area contributed by atoms with Crippen molar-refractivity contribution < 1.29 is 33.7 Å². The third kappa shape index (κ3) is 5.62. The van der Waals surface area contributed by atoms with Gasteiger partial charge < -0.3 is 30.9 Å². The van der Waals surface area contributed by atoms with E-state index in [4.69, 9.17) is 21.4 Å². The van der Waals surface area contributed by atoms with Crippen molar-refractivity contribution in [1.29, 1.82) is 0 Å². The van der Waals surface area contributed by atoms with Crippen LogP contribution in [0.3, 0.4) is 0 Å². The molecule has 0 saturated carbocycles. The number of benzene rings is 2. The van der Waals surface area contributed by atoms with Crippen molar-refractivity contribution in [2.45, 2.75) is 18.7 Å². The van der Waals surface area contributed by atoms with Gasteiger partial charge in [0, 0.05) is 29.7 Å². The lowest BCUT2D eigenvalue weighted by Crippen LogP contribution is -2.57. The van der Waals surface area contributed by atoms with Gasteiger partial charge in [-0.3, -0.25) is 19.1 Å². The first-order valence-corrected chi connectivity index (χ1v) is 11.3. The lowest BCUT2D eigenvalue weighted by Gasteiger charge is -2.36. The second-order valence-electron chi connectivity index (χ2n) is 8.36. The number of anilines is 1. The number of para-hydroxylation sites is 1. The average molecular weight is 520 g/mol. The Morgan fingerprint density at radius 1 is 1.19 bits per heavy atom. The number of nitrogens with one attached hydrogen (secondary N) is 3. The number of fused-ring (bicyclic) bond motifs is 1. The number of carboxylic acids is 1. The largest absolute Gasteiger partial charge is 0.480 e. The highest BCUT2D eigenvalue weighted by atomic mass is 35.5. The number of carboxylic acid groups (broad SMARTS) is 1. The molecule has 2 amide bonds. The van der Waals surface area contributed by atoms with Gasteiger partial charge in [-0.15, -0.1) is 0 Å². The van der Waals surface area contributed by atoms with Crippen LogP contribution in [0.15, 0.2) is 36.4 Å². The van der Waals surface area contributed by atoms with E-state index in [0.717, 1.165) is 0 Å². The van der Waals surface area contributed by atoms with Gasteiger partial charge in [-0.1, -0.05) is 29.8 Å². The molecule has 5 N–H and O–H groups in total. The first-order chi connectivity index (χ1) is 17.2. The van der Waals surface area contributed by atoms with Crippen molar-refractivity contribution in [3.8, 4) is 0 Å². The van der Waals surface area contributed by atoms with Gasteiger partial charge in [0.2, 0.25) is 5.91 Å². The molecule has 1 aliphatic rings. The summed E-state index contributed by atoms with van der Waals surface area (Å²) in [5, 5.41) is 31.4. The van der Waals surface area contributed by atoms with Crippen LogP contribution in [0.5, 0.6) is 0 Å². The summed E-state index contributed by atoms with van der Waals surface area (Å²) in [6, 6.07) is 9.29. The predicted octanol–water partition coefficient (Wildman–Crippen LogP) is 1.13. The van der Waals surface area contributed by atoms with Crippen molar-refractivity contribution in [2.75, 3.05) is 31.6 Å². The molecule has 1 saturated heterocycles. The fraction of sp³-hybridized carbons (Fsp3) is 0.304. The minimum absolute atomic E-state index is 0.0423. The number of aliphatic carboxylic acids is 1. The number of amides is 2. The van der Waals surface area contributed by atoms with Crippen LogP contribution >= 0.6 is 11.6 Å². The normalized spacial score (nSPS) is 14.3. The molecule has 2 heterocycles. The zero-order valence-corrected chi connectivity index (χ0v) is 19.6.